The van der Waals surface area contributed by atoms with Gasteiger partial charge in [-0.05, 0) is 36.4 Å². The van der Waals surface area contributed by atoms with Crippen molar-refractivity contribution in [3.05, 3.63) is 52.0 Å². The first-order chi connectivity index (χ1) is 9.97. The van der Waals surface area contributed by atoms with Crippen LogP contribution in [0.5, 0.6) is 0 Å². The standard InChI is InChI=1S/C15H10Cl2N2O2/c1-19-13-5-3-9(15(20)21)7-12(13)18-14(19)8-2-4-10(16)11(17)6-8/h2-7H,1H3,(H,20,21). The van der Waals surface area contributed by atoms with Crippen molar-refractivity contribution in [2.24, 2.45) is 7.05 Å². The third-order valence-corrected chi connectivity index (χ3v) is 4.04. The molecule has 6 heteroatoms. The monoisotopic (exact) mass is 320 g/mol. The summed E-state index contributed by atoms with van der Waals surface area (Å²) in [6.07, 6.45) is 0. The summed E-state index contributed by atoms with van der Waals surface area (Å²) in [5, 5.41) is 9.97. The maximum atomic E-state index is 11.0. The minimum atomic E-state index is -0.973. The number of hydrogen-bond acceptors (Lipinski definition) is 2. The van der Waals surface area contributed by atoms with Gasteiger partial charge in [0.25, 0.3) is 0 Å². The number of fused-ring (bicyclic) bond motifs is 1. The molecule has 21 heavy (non-hydrogen) atoms. The Hall–Kier alpha value is -2.04. The Kier molecular flexibility index (Phi) is 3.35. The number of aryl methyl sites for hydroxylation is 1. The van der Waals surface area contributed by atoms with Crippen LogP contribution in [-0.4, -0.2) is 20.6 Å². The van der Waals surface area contributed by atoms with E-state index >= 15 is 0 Å². The molecular formula is C15H10Cl2N2O2. The van der Waals surface area contributed by atoms with Crippen molar-refractivity contribution in [3.63, 3.8) is 0 Å². The predicted molar refractivity (Wildman–Crippen MR) is 83.1 cm³/mol. The van der Waals surface area contributed by atoms with E-state index in [0.717, 1.165) is 11.1 Å². The van der Waals surface area contributed by atoms with Gasteiger partial charge in [-0.2, -0.15) is 0 Å². The number of rotatable bonds is 2. The summed E-state index contributed by atoms with van der Waals surface area (Å²) >= 11 is 12.0. The van der Waals surface area contributed by atoms with Crippen molar-refractivity contribution in [2.45, 2.75) is 0 Å². The van der Waals surface area contributed by atoms with Crippen LogP contribution in [0, 0.1) is 0 Å². The lowest BCUT2D eigenvalue weighted by molar-refractivity contribution is 0.0697. The van der Waals surface area contributed by atoms with Gasteiger partial charge in [0.15, 0.2) is 0 Å². The van der Waals surface area contributed by atoms with Crippen LogP contribution in [0.25, 0.3) is 22.4 Å². The lowest BCUT2D eigenvalue weighted by Gasteiger charge is -2.04. The van der Waals surface area contributed by atoms with E-state index in [1.54, 1.807) is 30.3 Å². The zero-order chi connectivity index (χ0) is 15.1. The maximum absolute atomic E-state index is 11.0. The van der Waals surface area contributed by atoms with Crippen LogP contribution in [0.15, 0.2) is 36.4 Å². The van der Waals surface area contributed by atoms with Gasteiger partial charge in [0.1, 0.15) is 5.82 Å². The molecule has 0 fully saturated rings. The molecule has 2 aromatic carbocycles. The number of carbonyl (C=O) groups is 1. The zero-order valence-corrected chi connectivity index (χ0v) is 12.5. The molecule has 1 aromatic heterocycles. The number of aromatic carboxylic acids is 1. The largest absolute Gasteiger partial charge is 0.478 e. The Morgan fingerprint density at radius 3 is 2.57 bits per heavy atom. The molecule has 0 aliphatic rings. The van der Waals surface area contributed by atoms with Gasteiger partial charge in [0.2, 0.25) is 0 Å². The number of halogens is 2. The van der Waals surface area contributed by atoms with Crippen molar-refractivity contribution in [2.75, 3.05) is 0 Å². The highest BCUT2D eigenvalue weighted by Crippen LogP contribution is 2.30. The van der Waals surface area contributed by atoms with Crippen molar-refractivity contribution in [1.29, 1.82) is 0 Å². The average Bonchev–Trinajstić information content (AvgIpc) is 2.78. The lowest BCUT2D eigenvalue weighted by Crippen LogP contribution is -1.95. The molecule has 0 radical (unpaired) electrons. The maximum Gasteiger partial charge on any atom is 0.335 e. The van der Waals surface area contributed by atoms with Crippen molar-refractivity contribution >= 4 is 40.2 Å². The van der Waals surface area contributed by atoms with Crippen LogP contribution >= 0.6 is 23.2 Å². The second kappa shape index (κ2) is 5.06. The summed E-state index contributed by atoms with van der Waals surface area (Å²) in [5.41, 5.74) is 2.50. The second-order valence-electron chi connectivity index (χ2n) is 4.63. The summed E-state index contributed by atoms with van der Waals surface area (Å²) in [7, 11) is 1.87. The number of carboxylic acids is 1. The van der Waals surface area contributed by atoms with E-state index in [0.29, 0.717) is 21.4 Å². The van der Waals surface area contributed by atoms with Crippen molar-refractivity contribution in [3.8, 4) is 11.4 Å². The predicted octanol–water partition coefficient (Wildman–Crippen LogP) is 4.25. The first-order valence-corrected chi connectivity index (χ1v) is 6.88. The Morgan fingerprint density at radius 2 is 1.90 bits per heavy atom. The highest BCUT2D eigenvalue weighted by molar-refractivity contribution is 6.42. The number of benzene rings is 2. The molecule has 106 valence electrons. The van der Waals surface area contributed by atoms with Gasteiger partial charge < -0.3 is 9.67 Å². The molecule has 0 atom stereocenters. The molecule has 3 aromatic rings. The summed E-state index contributed by atoms with van der Waals surface area (Å²) in [5.74, 6) is -0.273. The molecule has 1 N–H and O–H groups in total. The summed E-state index contributed by atoms with van der Waals surface area (Å²) < 4.78 is 1.89. The highest BCUT2D eigenvalue weighted by atomic mass is 35.5. The number of aromatic nitrogens is 2. The van der Waals surface area contributed by atoms with Gasteiger partial charge in [-0.1, -0.05) is 23.2 Å². The third kappa shape index (κ3) is 2.37. The molecule has 0 saturated heterocycles. The molecular weight excluding hydrogens is 311 g/mol. The summed E-state index contributed by atoms with van der Waals surface area (Å²) in [4.78, 5) is 15.5. The van der Waals surface area contributed by atoms with E-state index in [4.69, 9.17) is 28.3 Å². The Labute approximate surface area is 130 Å². The minimum absolute atomic E-state index is 0.210. The number of hydrogen-bond donors (Lipinski definition) is 1. The number of carboxylic acid groups (broad SMARTS) is 1. The Balaban J connectivity index is 2.21. The smallest absolute Gasteiger partial charge is 0.335 e. The van der Waals surface area contributed by atoms with E-state index in [1.807, 2.05) is 17.7 Å². The third-order valence-electron chi connectivity index (χ3n) is 3.31. The average molecular weight is 321 g/mol. The molecule has 0 aliphatic heterocycles. The number of nitrogens with zero attached hydrogens (tertiary/aromatic N) is 2. The van der Waals surface area contributed by atoms with Crippen LogP contribution in [0.2, 0.25) is 10.0 Å². The SMILES string of the molecule is Cn1c(-c2ccc(Cl)c(Cl)c2)nc2cc(C(=O)O)ccc21. The van der Waals surface area contributed by atoms with Crippen LogP contribution in [0.3, 0.4) is 0 Å². The highest BCUT2D eigenvalue weighted by Gasteiger charge is 2.13. The second-order valence-corrected chi connectivity index (χ2v) is 5.45. The number of imidazole rings is 1. The fourth-order valence-electron chi connectivity index (χ4n) is 2.23. The van der Waals surface area contributed by atoms with Crippen LogP contribution in [-0.2, 0) is 7.05 Å². The Morgan fingerprint density at radius 1 is 1.14 bits per heavy atom. The molecule has 0 bridgehead atoms. The Bertz CT molecular complexity index is 871. The summed E-state index contributed by atoms with van der Waals surface area (Å²) in [6.45, 7) is 0. The van der Waals surface area contributed by atoms with Gasteiger partial charge in [-0.3, -0.25) is 0 Å². The van der Waals surface area contributed by atoms with Crippen LogP contribution in [0.1, 0.15) is 10.4 Å². The van der Waals surface area contributed by atoms with Crippen LogP contribution < -0.4 is 0 Å². The molecule has 3 rings (SSSR count). The minimum Gasteiger partial charge on any atom is -0.478 e. The molecule has 0 amide bonds. The van der Waals surface area contributed by atoms with Gasteiger partial charge >= 0.3 is 5.97 Å². The quantitative estimate of drug-likeness (QED) is 0.768. The molecule has 4 nitrogen and oxygen atoms in total. The van der Waals surface area contributed by atoms with Gasteiger partial charge in [0.05, 0.1) is 26.6 Å². The lowest BCUT2D eigenvalue weighted by atomic mass is 10.2. The topological polar surface area (TPSA) is 55.1 Å². The van der Waals surface area contributed by atoms with E-state index in [9.17, 15) is 4.79 Å². The first kappa shape index (κ1) is 13.9. The van der Waals surface area contributed by atoms with E-state index in [-0.39, 0.29) is 5.56 Å². The first-order valence-electron chi connectivity index (χ1n) is 6.12. The zero-order valence-electron chi connectivity index (χ0n) is 11.0. The molecule has 0 saturated carbocycles. The molecule has 1 heterocycles. The van der Waals surface area contributed by atoms with Crippen LogP contribution in [0.4, 0.5) is 0 Å². The molecule has 0 unspecified atom stereocenters. The van der Waals surface area contributed by atoms with Gasteiger partial charge in [-0.25, -0.2) is 9.78 Å². The molecule has 0 aliphatic carbocycles. The van der Waals surface area contributed by atoms with Gasteiger partial charge in [0, 0.05) is 12.6 Å². The van der Waals surface area contributed by atoms with Crippen molar-refractivity contribution < 1.29 is 9.90 Å². The van der Waals surface area contributed by atoms with E-state index in [2.05, 4.69) is 4.98 Å². The summed E-state index contributed by atoms with van der Waals surface area (Å²) in [6, 6.07) is 10.1. The van der Waals surface area contributed by atoms with E-state index in [1.165, 1.54) is 0 Å². The fourth-order valence-corrected chi connectivity index (χ4v) is 2.52. The molecule has 0 spiro atoms. The van der Waals surface area contributed by atoms with E-state index < -0.39 is 5.97 Å². The fraction of sp³-hybridized carbons (Fsp3) is 0.0667. The van der Waals surface area contributed by atoms with Crippen molar-refractivity contribution in [1.82, 2.24) is 9.55 Å². The van der Waals surface area contributed by atoms with Gasteiger partial charge in [-0.15, -0.1) is 0 Å². The normalized spacial score (nSPS) is 11.0.